The van der Waals surface area contributed by atoms with Gasteiger partial charge in [-0.25, -0.2) is 8.78 Å². The second-order valence-corrected chi connectivity index (χ2v) is 8.18. The number of halogens is 2. The zero-order valence-electron chi connectivity index (χ0n) is 17.6. The van der Waals surface area contributed by atoms with Crippen molar-refractivity contribution in [2.75, 3.05) is 19.7 Å². The first kappa shape index (κ1) is 22.2. The summed E-state index contributed by atoms with van der Waals surface area (Å²) in [6.07, 6.45) is 0.952. The highest BCUT2D eigenvalue weighted by atomic mass is 19.2. The molecule has 0 unspecified atom stereocenters. The highest BCUT2D eigenvalue weighted by Crippen LogP contribution is 2.31. The largest absolute Gasteiger partial charge is 0.493 e. The van der Waals surface area contributed by atoms with Gasteiger partial charge < -0.3 is 19.7 Å². The van der Waals surface area contributed by atoms with Gasteiger partial charge in [-0.1, -0.05) is 30.3 Å². The molecule has 2 heterocycles. The number of likely N-dealkylation sites (tertiary alicyclic amines) is 1. The molecule has 0 aliphatic carbocycles. The van der Waals surface area contributed by atoms with E-state index in [-0.39, 0.29) is 55.7 Å². The van der Waals surface area contributed by atoms with Crippen molar-refractivity contribution in [3.05, 3.63) is 65.7 Å². The van der Waals surface area contributed by atoms with Crippen molar-refractivity contribution in [2.45, 2.75) is 38.0 Å². The van der Waals surface area contributed by atoms with Crippen LogP contribution in [0.3, 0.4) is 0 Å². The molecule has 8 heteroatoms. The van der Waals surface area contributed by atoms with E-state index in [1.165, 1.54) is 6.07 Å². The quantitative estimate of drug-likeness (QED) is 0.634. The molecule has 6 nitrogen and oxygen atoms in total. The molecular formula is C24H26F2N2O4. The molecule has 2 fully saturated rings. The van der Waals surface area contributed by atoms with Gasteiger partial charge in [-0.05, 0) is 30.7 Å². The summed E-state index contributed by atoms with van der Waals surface area (Å²) in [7, 11) is 0. The Morgan fingerprint density at radius 1 is 1.06 bits per heavy atom. The number of ether oxygens (including phenoxy) is 2. The molecule has 1 amide bonds. The Labute approximate surface area is 185 Å². The highest BCUT2D eigenvalue weighted by molar-refractivity contribution is 5.82. The Morgan fingerprint density at radius 2 is 1.88 bits per heavy atom. The first-order chi connectivity index (χ1) is 15.5. The van der Waals surface area contributed by atoms with E-state index < -0.39 is 17.6 Å². The Bertz CT molecular complexity index is 956. The van der Waals surface area contributed by atoms with E-state index in [1.807, 2.05) is 35.2 Å². The monoisotopic (exact) mass is 444 g/mol. The van der Waals surface area contributed by atoms with Crippen LogP contribution >= 0.6 is 0 Å². The summed E-state index contributed by atoms with van der Waals surface area (Å²) >= 11 is 0. The molecule has 1 N–H and O–H groups in total. The normalized spacial score (nSPS) is 21.9. The number of nitrogens with one attached hydrogen (secondary N) is 1. The van der Waals surface area contributed by atoms with Gasteiger partial charge in [0.2, 0.25) is 5.91 Å². The van der Waals surface area contributed by atoms with Crippen LogP contribution in [0.25, 0.3) is 0 Å². The van der Waals surface area contributed by atoms with Crippen molar-refractivity contribution in [1.29, 1.82) is 0 Å². The van der Waals surface area contributed by atoms with E-state index in [2.05, 4.69) is 5.32 Å². The molecule has 2 aromatic carbocycles. The molecule has 0 aromatic heterocycles. The van der Waals surface area contributed by atoms with Gasteiger partial charge in [0.05, 0.1) is 13.0 Å². The lowest BCUT2D eigenvalue weighted by Crippen LogP contribution is -2.39. The number of hydrogen-bond donors (Lipinski definition) is 1. The molecule has 4 rings (SSSR count). The van der Waals surface area contributed by atoms with Crippen molar-refractivity contribution >= 4 is 11.9 Å². The van der Waals surface area contributed by atoms with Crippen LogP contribution in [0.4, 0.5) is 8.78 Å². The van der Waals surface area contributed by atoms with E-state index in [1.54, 1.807) is 0 Å². The first-order valence-corrected chi connectivity index (χ1v) is 10.8. The van der Waals surface area contributed by atoms with Gasteiger partial charge in [-0.15, -0.1) is 0 Å². The lowest BCUT2D eigenvalue weighted by molar-refractivity contribution is -0.147. The average Bonchev–Trinajstić information content (AvgIpc) is 3.41. The molecule has 2 aliphatic rings. The number of esters is 1. The maximum atomic E-state index is 13.4. The van der Waals surface area contributed by atoms with Crippen molar-refractivity contribution in [1.82, 2.24) is 10.2 Å². The maximum absolute atomic E-state index is 13.4. The van der Waals surface area contributed by atoms with Crippen molar-refractivity contribution < 1.29 is 27.8 Å². The lowest BCUT2D eigenvalue weighted by Gasteiger charge is -2.23. The molecule has 170 valence electrons. The molecule has 3 atom stereocenters. The minimum absolute atomic E-state index is 0.0181. The van der Waals surface area contributed by atoms with Crippen LogP contribution < -0.4 is 10.1 Å². The van der Waals surface area contributed by atoms with Crippen LogP contribution in [0, 0.1) is 17.6 Å². The summed E-state index contributed by atoms with van der Waals surface area (Å²) in [6.45, 7) is 1.75. The number of carbonyl (C=O) groups is 2. The molecule has 2 aromatic rings. The summed E-state index contributed by atoms with van der Waals surface area (Å²) in [4.78, 5) is 26.7. The highest BCUT2D eigenvalue weighted by Gasteiger charge is 2.46. The minimum Gasteiger partial charge on any atom is -0.493 e. The van der Waals surface area contributed by atoms with Crippen LogP contribution in [0.2, 0.25) is 0 Å². The topological polar surface area (TPSA) is 67.9 Å². The molecule has 2 aliphatic heterocycles. The lowest BCUT2D eigenvalue weighted by atomic mass is 10.0. The Kier molecular flexibility index (Phi) is 6.99. The summed E-state index contributed by atoms with van der Waals surface area (Å²) in [5, 5.41) is 3.41. The molecule has 0 bridgehead atoms. The fourth-order valence-electron chi connectivity index (χ4n) is 4.42. The molecule has 32 heavy (non-hydrogen) atoms. The smallest absolute Gasteiger partial charge is 0.306 e. The van der Waals surface area contributed by atoms with Crippen molar-refractivity contribution in [3.8, 4) is 5.75 Å². The van der Waals surface area contributed by atoms with Gasteiger partial charge in [0.1, 0.15) is 12.4 Å². The second kappa shape index (κ2) is 10.1. The van der Waals surface area contributed by atoms with E-state index in [0.29, 0.717) is 6.54 Å². The van der Waals surface area contributed by atoms with Crippen molar-refractivity contribution in [2.24, 2.45) is 5.92 Å². The molecular weight excluding hydrogens is 418 g/mol. The second-order valence-electron chi connectivity index (χ2n) is 8.18. The molecule has 0 radical (unpaired) electrons. The fraction of sp³-hybridized carbons (Fsp3) is 0.417. The number of benzene rings is 2. The summed E-state index contributed by atoms with van der Waals surface area (Å²) in [5.41, 5.74) is 0.899. The number of nitrogens with zero attached hydrogens (tertiary/aromatic N) is 1. The molecule has 2 saturated heterocycles. The Hall–Kier alpha value is -3.00. The summed E-state index contributed by atoms with van der Waals surface area (Å²) < 4.78 is 37.4. The number of hydrogen-bond acceptors (Lipinski definition) is 5. The van der Waals surface area contributed by atoms with Crippen LogP contribution in [-0.4, -0.2) is 48.6 Å². The van der Waals surface area contributed by atoms with Crippen LogP contribution in [0.1, 0.15) is 24.8 Å². The van der Waals surface area contributed by atoms with E-state index in [4.69, 9.17) is 9.47 Å². The third kappa shape index (κ3) is 5.24. The van der Waals surface area contributed by atoms with Gasteiger partial charge in [0.25, 0.3) is 0 Å². The predicted octanol–water partition coefficient (Wildman–Crippen LogP) is 3.06. The van der Waals surface area contributed by atoms with Gasteiger partial charge in [-0.2, -0.15) is 0 Å². The zero-order chi connectivity index (χ0) is 22.5. The average molecular weight is 444 g/mol. The molecule has 0 saturated carbocycles. The zero-order valence-corrected chi connectivity index (χ0v) is 17.6. The third-order valence-corrected chi connectivity index (χ3v) is 6.04. The Balaban J connectivity index is 1.27. The summed E-state index contributed by atoms with van der Waals surface area (Å²) in [5.74, 6) is -2.10. The predicted molar refractivity (Wildman–Crippen MR) is 113 cm³/mol. The Morgan fingerprint density at radius 3 is 2.66 bits per heavy atom. The van der Waals surface area contributed by atoms with Crippen LogP contribution in [-0.2, 0) is 20.9 Å². The number of fused-ring (bicyclic) bond motifs is 1. The fourth-order valence-corrected chi connectivity index (χ4v) is 4.42. The summed E-state index contributed by atoms with van der Waals surface area (Å²) in [6, 6.07) is 12.9. The third-order valence-electron chi connectivity index (χ3n) is 6.04. The maximum Gasteiger partial charge on any atom is 0.306 e. The van der Waals surface area contributed by atoms with E-state index >= 15 is 0 Å². The molecule has 0 spiro atoms. The SMILES string of the molecule is O=C(CCC(=O)N1C[C@H](COc2ccc(F)c(F)c2)[C@H]2NCC[C@H]21)OCc1ccccc1. The van der Waals surface area contributed by atoms with Crippen LogP contribution in [0.15, 0.2) is 48.5 Å². The minimum atomic E-state index is -0.957. The van der Waals surface area contributed by atoms with E-state index in [9.17, 15) is 18.4 Å². The van der Waals surface area contributed by atoms with Gasteiger partial charge >= 0.3 is 5.97 Å². The number of amides is 1. The van der Waals surface area contributed by atoms with Crippen LogP contribution in [0.5, 0.6) is 5.75 Å². The first-order valence-electron chi connectivity index (χ1n) is 10.8. The van der Waals surface area contributed by atoms with Crippen molar-refractivity contribution in [3.63, 3.8) is 0 Å². The van der Waals surface area contributed by atoms with Gasteiger partial charge in [0, 0.05) is 37.0 Å². The van der Waals surface area contributed by atoms with Gasteiger partial charge in [0.15, 0.2) is 11.6 Å². The standard InChI is InChI=1S/C24H26F2N2O4/c25-19-7-6-18(12-20(19)26)31-15-17-13-28(21-10-11-27-24(17)21)22(29)8-9-23(30)32-14-16-4-2-1-3-5-16/h1-7,12,17,21,24,27H,8-11,13-15H2/t17-,21-,24-/m1/s1. The number of rotatable bonds is 8. The van der Waals surface area contributed by atoms with Gasteiger partial charge in [-0.3, -0.25) is 9.59 Å². The number of carbonyl (C=O) groups excluding carboxylic acids is 2. The van der Waals surface area contributed by atoms with E-state index in [0.717, 1.165) is 30.7 Å².